The molecular weight excluding hydrogens is 388 g/mol. The van der Waals surface area contributed by atoms with Gasteiger partial charge in [0.05, 0.1) is 5.41 Å². The van der Waals surface area contributed by atoms with Crippen LogP contribution in [0.1, 0.15) is 29.2 Å². The smallest absolute Gasteiger partial charge is 0.0701 e. The molecule has 0 heterocycles. The number of benzene rings is 4. The maximum absolute atomic E-state index is 2.29. The molecule has 0 spiro atoms. The van der Waals surface area contributed by atoms with Crippen LogP contribution in [0.4, 0.5) is 11.4 Å². The summed E-state index contributed by atoms with van der Waals surface area (Å²) in [5.74, 6) is 0. The molecule has 32 heavy (non-hydrogen) atoms. The zero-order valence-electron chi connectivity index (χ0n) is 19.5. The van der Waals surface area contributed by atoms with Crippen LogP contribution in [0.15, 0.2) is 109 Å². The van der Waals surface area contributed by atoms with Crippen molar-refractivity contribution in [2.75, 3.05) is 37.5 Å². The Morgan fingerprint density at radius 3 is 1.25 bits per heavy atom. The highest BCUT2D eigenvalue weighted by molar-refractivity contribution is 5.63. The molecule has 0 radical (unpaired) electrons. The van der Waals surface area contributed by atoms with E-state index in [-0.39, 0.29) is 0 Å². The highest BCUT2D eigenvalue weighted by Crippen LogP contribution is 2.45. The predicted molar refractivity (Wildman–Crippen MR) is 138 cm³/mol. The van der Waals surface area contributed by atoms with Crippen LogP contribution in [-0.4, -0.2) is 27.7 Å². The van der Waals surface area contributed by atoms with E-state index >= 15 is 0 Å². The standard InChI is InChI=1S/C30H32N2/c1-5-32(4)29-22-18-27(19-23-29)30(24-12-8-6-9-13-24,25-14-10-7-11-15-25)26-16-20-28(21-17-26)31(2)3/h6-23H,5H2,1-4H3. The Morgan fingerprint density at radius 2 is 0.875 bits per heavy atom. The van der Waals surface area contributed by atoms with Crippen molar-refractivity contribution in [3.8, 4) is 0 Å². The van der Waals surface area contributed by atoms with Gasteiger partial charge in [0.1, 0.15) is 0 Å². The molecule has 4 aromatic rings. The molecule has 0 fully saturated rings. The van der Waals surface area contributed by atoms with Gasteiger partial charge in [0.2, 0.25) is 0 Å². The summed E-state index contributed by atoms with van der Waals surface area (Å²) in [4.78, 5) is 4.41. The van der Waals surface area contributed by atoms with E-state index in [9.17, 15) is 0 Å². The molecule has 0 unspecified atom stereocenters. The Hall–Kier alpha value is -3.52. The summed E-state index contributed by atoms with van der Waals surface area (Å²) >= 11 is 0. The van der Waals surface area contributed by atoms with Crippen LogP contribution in [0.3, 0.4) is 0 Å². The Morgan fingerprint density at radius 1 is 0.500 bits per heavy atom. The first-order valence-corrected chi connectivity index (χ1v) is 11.3. The van der Waals surface area contributed by atoms with Crippen LogP contribution in [0, 0.1) is 0 Å². The van der Waals surface area contributed by atoms with Gasteiger partial charge in [-0.1, -0.05) is 84.9 Å². The van der Waals surface area contributed by atoms with Gasteiger partial charge in [-0.3, -0.25) is 0 Å². The summed E-state index contributed by atoms with van der Waals surface area (Å²) in [6, 6.07) is 39.8. The summed E-state index contributed by atoms with van der Waals surface area (Å²) in [6.07, 6.45) is 0. The van der Waals surface area contributed by atoms with Gasteiger partial charge < -0.3 is 9.80 Å². The molecule has 0 aliphatic heterocycles. The van der Waals surface area contributed by atoms with E-state index in [2.05, 4.69) is 147 Å². The Labute approximate surface area is 192 Å². The van der Waals surface area contributed by atoms with Gasteiger partial charge in [0, 0.05) is 39.1 Å². The first kappa shape index (κ1) is 21.7. The minimum Gasteiger partial charge on any atom is -0.378 e. The maximum Gasteiger partial charge on any atom is 0.0701 e. The third-order valence-electron chi connectivity index (χ3n) is 6.45. The molecule has 0 aliphatic rings. The van der Waals surface area contributed by atoms with Crippen LogP contribution in [0.2, 0.25) is 0 Å². The van der Waals surface area contributed by atoms with Gasteiger partial charge in [-0.2, -0.15) is 0 Å². The molecule has 0 atom stereocenters. The first-order valence-electron chi connectivity index (χ1n) is 11.3. The number of hydrogen-bond donors (Lipinski definition) is 0. The van der Waals surface area contributed by atoms with Gasteiger partial charge in [0.15, 0.2) is 0 Å². The van der Waals surface area contributed by atoms with Gasteiger partial charge in [-0.25, -0.2) is 0 Å². The monoisotopic (exact) mass is 420 g/mol. The van der Waals surface area contributed by atoms with Crippen molar-refractivity contribution in [3.63, 3.8) is 0 Å². The molecule has 0 saturated heterocycles. The Balaban J connectivity index is 2.02. The quantitative estimate of drug-likeness (QED) is 0.311. The molecule has 2 nitrogen and oxygen atoms in total. The third-order valence-corrected chi connectivity index (χ3v) is 6.45. The lowest BCUT2D eigenvalue weighted by atomic mass is 9.65. The second-order valence-corrected chi connectivity index (χ2v) is 8.48. The van der Waals surface area contributed by atoms with E-state index in [0.717, 1.165) is 6.54 Å². The van der Waals surface area contributed by atoms with E-state index in [1.165, 1.54) is 33.6 Å². The van der Waals surface area contributed by atoms with E-state index in [0.29, 0.717) is 0 Å². The van der Waals surface area contributed by atoms with Crippen molar-refractivity contribution >= 4 is 11.4 Å². The summed E-state index contributed by atoms with van der Waals surface area (Å²) in [5.41, 5.74) is 7.08. The average molecular weight is 421 g/mol. The Bertz CT molecular complexity index is 1080. The lowest BCUT2D eigenvalue weighted by Gasteiger charge is -2.37. The van der Waals surface area contributed by atoms with E-state index in [1.54, 1.807) is 0 Å². The molecule has 0 bridgehead atoms. The van der Waals surface area contributed by atoms with Crippen LogP contribution in [0.25, 0.3) is 0 Å². The molecule has 0 saturated carbocycles. The highest BCUT2D eigenvalue weighted by atomic mass is 15.1. The van der Waals surface area contributed by atoms with Gasteiger partial charge in [0.25, 0.3) is 0 Å². The topological polar surface area (TPSA) is 6.48 Å². The molecule has 4 aromatic carbocycles. The number of hydrogen-bond acceptors (Lipinski definition) is 2. The van der Waals surface area contributed by atoms with Crippen molar-refractivity contribution in [3.05, 3.63) is 131 Å². The molecule has 0 N–H and O–H groups in total. The average Bonchev–Trinajstić information content (AvgIpc) is 2.86. The van der Waals surface area contributed by atoms with E-state index < -0.39 is 5.41 Å². The zero-order chi connectivity index (χ0) is 22.6. The second-order valence-electron chi connectivity index (χ2n) is 8.48. The van der Waals surface area contributed by atoms with Crippen LogP contribution in [0.5, 0.6) is 0 Å². The molecule has 0 amide bonds. The summed E-state index contributed by atoms with van der Waals surface area (Å²) in [5, 5.41) is 0. The maximum atomic E-state index is 2.29. The third kappa shape index (κ3) is 3.89. The minimum absolute atomic E-state index is 0.406. The van der Waals surface area contributed by atoms with Crippen molar-refractivity contribution in [2.24, 2.45) is 0 Å². The van der Waals surface area contributed by atoms with Gasteiger partial charge in [-0.15, -0.1) is 0 Å². The fourth-order valence-corrected chi connectivity index (χ4v) is 4.53. The Kier molecular flexibility index (Phi) is 6.32. The lowest BCUT2D eigenvalue weighted by Crippen LogP contribution is -2.31. The molecule has 2 heteroatoms. The molecular formula is C30H32N2. The van der Waals surface area contributed by atoms with Gasteiger partial charge in [-0.05, 0) is 53.4 Å². The second kappa shape index (κ2) is 9.32. The van der Waals surface area contributed by atoms with E-state index in [1.807, 2.05) is 0 Å². The molecule has 162 valence electrons. The number of rotatable bonds is 7. The minimum atomic E-state index is -0.406. The van der Waals surface area contributed by atoms with Crippen molar-refractivity contribution < 1.29 is 0 Å². The van der Waals surface area contributed by atoms with Gasteiger partial charge >= 0.3 is 0 Å². The van der Waals surface area contributed by atoms with Crippen LogP contribution < -0.4 is 9.80 Å². The highest BCUT2D eigenvalue weighted by Gasteiger charge is 2.38. The number of nitrogens with zero attached hydrogens (tertiary/aromatic N) is 2. The lowest BCUT2D eigenvalue weighted by molar-refractivity contribution is 0.744. The van der Waals surface area contributed by atoms with Crippen LogP contribution >= 0.6 is 0 Å². The van der Waals surface area contributed by atoms with Crippen molar-refractivity contribution in [1.29, 1.82) is 0 Å². The summed E-state index contributed by atoms with van der Waals surface area (Å²) in [7, 11) is 6.30. The van der Waals surface area contributed by atoms with Crippen molar-refractivity contribution in [2.45, 2.75) is 12.3 Å². The largest absolute Gasteiger partial charge is 0.378 e. The molecule has 0 aromatic heterocycles. The fraction of sp³-hybridized carbons (Fsp3) is 0.200. The SMILES string of the molecule is CCN(C)c1ccc(C(c2ccccc2)(c2ccccc2)c2ccc(N(C)C)cc2)cc1. The fourth-order valence-electron chi connectivity index (χ4n) is 4.53. The van der Waals surface area contributed by atoms with Crippen molar-refractivity contribution in [1.82, 2.24) is 0 Å². The predicted octanol–water partition coefficient (Wildman–Crippen LogP) is 6.59. The molecule has 0 aliphatic carbocycles. The number of anilines is 2. The zero-order valence-corrected chi connectivity index (χ0v) is 19.5. The summed E-state index contributed by atoms with van der Waals surface area (Å²) < 4.78 is 0. The summed E-state index contributed by atoms with van der Waals surface area (Å²) in [6.45, 7) is 3.16. The normalized spacial score (nSPS) is 11.2. The van der Waals surface area contributed by atoms with Crippen LogP contribution in [-0.2, 0) is 5.41 Å². The van der Waals surface area contributed by atoms with E-state index in [4.69, 9.17) is 0 Å². The first-order chi connectivity index (χ1) is 15.6. The molecule has 4 rings (SSSR count).